The van der Waals surface area contributed by atoms with E-state index in [9.17, 15) is 18.8 Å². The molecule has 0 aromatic heterocycles. The van der Waals surface area contributed by atoms with Gasteiger partial charge in [-0.05, 0) is 95.9 Å². The molecule has 2 bridgehead atoms. The Morgan fingerprint density at radius 3 is 2.27 bits per heavy atom. The highest BCUT2D eigenvalue weighted by molar-refractivity contribution is 5.90. The number of amides is 3. The van der Waals surface area contributed by atoms with Gasteiger partial charge in [-0.2, -0.15) is 0 Å². The van der Waals surface area contributed by atoms with E-state index in [4.69, 9.17) is 0 Å². The first-order valence-electron chi connectivity index (χ1n) is 15.8. The zero-order chi connectivity index (χ0) is 29.4. The average molecular weight is 569 g/mol. The average Bonchev–Trinajstić information content (AvgIpc) is 3.53. The van der Waals surface area contributed by atoms with Crippen molar-refractivity contribution in [2.75, 3.05) is 26.7 Å². The molecule has 0 spiro atoms. The lowest BCUT2D eigenvalue weighted by atomic mass is 9.63. The van der Waals surface area contributed by atoms with Crippen LogP contribution in [0, 0.1) is 29.0 Å². The van der Waals surface area contributed by atoms with Crippen LogP contribution >= 0.6 is 0 Å². The number of nitrogens with zero attached hydrogens (tertiary/aromatic N) is 2. The predicted molar refractivity (Wildman–Crippen MR) is 157 cm³/mol. The van der Waals surface area contributed by atoms with Gasteiger partial charge in [0, 0.05) is 37.6 Å². The molecule has 3 amide bonds. The maximum Gasteiger partial charge on any atom is 0.245 e. The van der Waals surface area contributed by atoms with E-state index < -0.39 is 11.5 Å². The number of piperidine rings is 2. The lowest BCUT2D eigenvalue weighted by Gasteiger charge is -2.48. The first-order valence-corrected chi connectivity index (χ1v) is 15.8. The summed E-state index contributed by atoms with van der Waals surface area (Å²) in [7, 11) is 2.08. The van der Waals surface area contributed by atoms with Crippen LogP contribution in [0.3, 0.4) is 0 Å². The molecule has 2 aliphatic carbocycles. The first-order chi connectivity index (χ1) is 19.4. The van der Waals surface area contributed by atoms with Crippen molar-refractivity contribution in [3.05, 3.63) is 35.6 Å². The van der Waals surface area contributed by atoms with Gasteiger partial charge in [0.1, 0.15) is 11.9 Å². The summed E-state index contributed by atoms with van der Waals surface area (Å²) in [5.41, 5.74) is 0.0333. The molecule has 41 heavy (non-hydrogen) atoms. The molecule has 226 valence electrons. The van der Waals surface area contributed by atoms with Crippen LogP contribution in [0.2, 0.25) is 0 Å². The third kappa shape index (κ3) is 6.63. The van der Waals surface area contributed by atoms with Crippen LogP contribution in [-0.4, -0.2) is 71.8 Å². The van der Waals surface area contributed by atoms with E-state index in [-0.39, 0.29) is 41.0 Å². The Kier molecular flexibility index (Phi) is 8.79. The molecule has 4 fully saturated rings. The highest BCUT2D eigenvalue weighted by atomic mass is 19.1. The van der Waals surface area contributed by atoms with Crippen molar-refractivity contribution in [1.82, 2.24) is 20.4 Å². The minimum absolute atomic E-state index is 0.0531. The molecular formula is C33H49FN4O3. The summed E-state index contributed by atoms with van der Waals surface area (Å²) in [5, 5.41) is 6.40. The van der Waals surface area contributed by atoms with E-state index in [2.05, 4.69) is 22.6 Å². The molecule has 1 aromatic carbocycles. The second-order valence-electron chi connectivity index (χ2n) is 14.4. The van der Waals surface area contributed by atoms with Crippen LogP contribution < -0.4 is 10.6 Å². The van der Waals surface area contributed by atoms with Crippen LogP contribution in [0.5, 0.6) is 0 Å². The van der Waals surface area contributed by atoms with Crippen molar-refractivity contribution in [1.29, 1.82) is 0 Å². The van der Waals surface area contributed by atoms with Gasteiger partial charge in [-0.1, -0.05) is 31.4 Å². The largest absolute Gasteiger partial charge is 0.351 e. The minimum Gasteiger partial charge on any atom is -0.351 e. The first kappa shape index (κ1) is 30.0. The number of nitrogens with one attached hydrogen (secondary N) is 2. The van der Waals surface area contributed by atoms with Gasteiger partial charge in [0.05, 0.1) is 11.3 Å². The predicted octanol–water partition coefficient (Wildman–Crippen LogP) is 4.30. The van der Waals surface area contributed by atoms with Crippen molar-refractivity contribution in [2.24, 2.45) is 23.2 Å². The topological polar surface area (TPSA) is 81.8 Å². The van der Waals surface area contributed by atoms with Crippen LogP contribution in [0.15, 0.2) is 24.3 Å². The summed E-state index contributed by atoms with van der Waals surface area (Å²) >= 11 is 0. The SMILES string of the molecule is CN1C[C@H]2C[C@H](C(=O)N[C@H](Cc3ccc(F)cc3)C(=O)N3CCC(C(=O)NC(C)(C)C)(C4CCCCC4)CC3)[C@@H]1C2. The third-order valence-electron chi connectivity index (χ3n) is 10.3. The van der Waals surface area contributed by atoms with Crippen LogP contribution in [0.4, 0.5) is 4.39 Å². The van der Waals surface area contributed by atoms with Crippen LogP contribution in [0.25, 0.3) is 0 Å². The number of halogens is 1. The molecule has 7 nitrogen and oxygen atoms in total. The fourth-order valence-corrected chi connectivity index (χ4v) is 8.20. The van der Waals surface area contributed by atoms with Crippen molar-refractivity contribution >= 4 is 17.7 Å². The Labute approximate surface area is 245 Å². The maximum atomic E-state index is 14.1. The number of likely N-dealkylation sites (tertiary alicyclic amines) is 2. The fraction of sp³-hybridized carbons (Fsp3) is 0.727. The molecule has 8 heteroatoms. The van der Waals surface area contributed by atoms with Gasteiger partial charge in [0.2, 0.25) is 17.7 Å². The summed E-state index contributed by atoms with van der Waals surface area (Å²) < 4.78 is 13.6. The highest BCUT2D eigenvalue weighted by Gasteiger charge is 2.50. The highest BCUT2D eigenvalue weighted by Crippen LogP contribution is 2.46. The number of hydrogen-bond donors (Lipinski definition) is 2. The van der Waals surface area contributed by atoms with Gasteiger partial charge >= 0.3 is 0 Å². The molecule has 1 aromatic rings. The standard InChI is InChI=1S/C33H49FN4O3/c1-32(2,3)36-31(41)33(24-8-6-5-7-9-24)14-16-38(17-15-33)30(40)27(19-22-10-12-25(34)13-11-22)35-29(39)26-18-23-20-28(26)37(4)21-23/h10-13,23-24,26-28H,5-9,14-21H2,1-4H3,(H,35,39)(H,36,41)/t23-,26-,27+,28-/m0/s1. The Bertz CT molecular complexity index is 1100. The zero-order valence-corrected chi connectivity index (χ0v) is 25.4. The summed E-state index contributed by atoms with van der Waals surface area (Å²) in [6.07, 6.45) is 9.16. The van der Waals surface area contributed by atoms with E-state index in [0.29, 0.717) is 44.2 Å². The number of rotatable bonds is 7. The number of benzene rings is 1. The smallest absolute Gasteiger partial charge is 0.245 e. The number of carbonyl (C=O) groups is 3. The Morgan fingerprint density at radius 1 is 1.02 bits per heavy atom. The summed E-state index contributed by atoms with van der Waals surface area (Å²) in [4.78, 5) is 45.5. The Hall–Kier alpha value is -2.48. The monoisotopic (exact) mass is 568 g/mol. The van der Waals surface area contributed by atoms with Crippen molar-refractivity contribution in [3.8, 4) is 0 Å². The quantitative estimate of drug-likeness (QED) is 0.514. The Balaban J connectivity index is 1.31. The molecule has 4 atom stereocenters. The second kappa shape index (κ2) is 12.0. The molecule has 0 radical (unpaired) electrons. The normalized spacial score (nSPS) is 27.4. The van der Waals surface area contributed by atoms with E-state index >= 15 is 0 Å². The third-order valence-corrected chi connectivity index (χ3v) is 10.3. The zero-order valence-electron chi connectivity index (χ0n) is 25.4. The van der Waals surface area contributed by atoms with Crippen LogP contribution in [0.1, 0.15) is 84.1 Å². The van der Waals surface area contributed by atoms with E-state index in [1.807, 2.05) is 25.7 Å². The lowest BCUT2D eigenvalue weighted by Crippen LogP contribution is -2.59. The minimum atomic E-state index is -0.719. The molecule has 2 saturated carbocycles. The van der Waals surface area contributed by atoms with E-state index in [1.54, 1.807) is 12.1 Å². The van der Waals surface area contributed by atoms with Crippen molar-refractivity contribution in [3.63, 3.8) is 0 Å². The van der Waals surface area contributed by atoms with Gasteiger partial charge in [-0.25, -0.2) is 4.39 Å². The van der Waals surface area contributed by atoms with Gasteiger partial charge in [-0.15, -0.1) is 0 Å². The van der Waals surface area contributed by atoms with Gasteiger partial charge < -0.3 is 20.4 Å². The molecule has 0 unspecified atom stereocenters. The van der Waals surface area contributed by atoms with Crippen LogP contribution in [-0.2, 0) is 20.8 Å². The lowest BCUT2D eigenvalue weighted by molar-refractivity contribution is -0.147. The number of fused-ring (bicyclic) bond motifs is 2. The maximum absolute atomic E-state index is 14.1. The molecule has 2 heterocycles. The van der Waals surface area contributed by atoms with Gasteiger partial charge in [-0.3, -0.25) is 14.4 Å². The summed E-state index contributed by atoms with van der Waals surface area (Å²) in [6.45, 7) is 8.10. The van der Waals surface area contributed by atoms with Gasteiger partial charge in [0.25, 0.3) is 0 Å². The number of hydrogen-bond acceptors (Lipinski definition) is 4. The molecule has 4 aliphatic rings. The molecule has 2 N–H and O–H groups in total. The van der Waals surface area contributed by atoms with Crippen molar-refractivity contribution < 1.29 is 18.8 Å². The van der Waals surface area contributed by atoms with E-state index in [1.165, 1.54) is 18.6 Å². The second-order valence-corrected chi connectivity index (χ2v) is 14.4. The summed E-state index contributed by atoms with van der Waals surface area (Å²) in [6, 6.07) is 5.69. The fourth-order valence-electron chi connectivity index (χ4n) is 8.20. The summed E-state index contributed by atoms with van der Waals surface area (Å²) in [5.74, 6) is 0.412. The van der Waals surface area contributed by atoms with E-state index in [0.717, 1.165) is 50.6 Å². The molecule has 2 aliphatic heterocycles. The Morgan fingerprint density at radius 2 is 1.68 bits per heavy atom. The molecular weight excluding hydrogens is 519 g/mol. The number of carbonyl (C=O) groups excluding carboxylic acids is 3. The van der Waals surface area contributed by atoms with Crippen molar-refractivity contribution in [2.45, 2.75) is 103 Å². The molecule has 2 saturated heterocycles. The van der Waals surface area contributed by atoms with Gasteiger partial charge in [0.15, 0.2) is 0 Å². The molecule has 5 rings (SSSR count).